The lowest BCUT2D eigenvalue weighted by Crippen LogP contribution is -2.14. The number of unbranched alkanes of at least 4 members (excludes halogenated alkanes) is 11. The van der Waals surface area contributed by atoms with Gasteiger partial charge in [0.05, 0.1) is 6.61 Å². The van der Waals surface area contributed by atoms with E-state index in [-0.39, 0.29) is 5.97 Å². The van der Waals surface area contributed by atoms with Crippen molar-refractivity contribution in [2.75, 3.05) is 6.61 Å². The monoisotopic (exact) mass is 396 g/mol. The first-order valence-electron chi connectivity index (χ1n) is 12.8. The fourth-order valence-electron chi connectivity index (χ4n) is 3.92. The molecule has 0 aliphatic rings. The van der Waals surface area contributed by atoms with Gasteiger partial charge in [-0.2, -0.15) is 0 Å². The molecule has 0 bridgehead atoms. The van der Waals surface area contributed by atoms with Gasteiger partial charge in [0.2, 0.25) is 0 Å². The molecule has 2 heteroatoms. The normalized spacial score (nSPS) is 12.5. The van der Waals surface area contributed by atoms with Crippen LogP contribution in [-0.4, -0.2) is 12.6 Å². The summed E-state index contributed by atoms with van der Waals surface area (Å²) in [5, 5.41) is 0. The molecular weight excluding hydrogens is 344 g/mol. The van der Waals surface area contributed by atoms with Gasteiger partial charge >= 0.3 is 5.97 Å². The number of rotatable bonds is 21. The molecule has 0 aromatic heterocycles. The number of hydrogen-bond acceptors (Lipinski definition) is 2. The van der Waals surface area contributed by atoms with E-state index in [2.05, 4.69) is 27.7 Å². The zero-order valence-electron chi connectivity index (χ0n) is 19.9. The largest absolute Gasteiger partial charge is 0.465 e. The highest BCUT2D eigenvalue weighted by molar-refractivity contribution is 5.69. The Morgan fingerprint density at radius 1 is 0.643 bits per heavy atom. The Hall–Kier alpha value is -0.530. The van der Waals surface area contributed by atoms with Crippen LogP contribution in [-0.2, 0) is 9.53 Å². The molecule has 0 fully saturated rings. The Kier molecular flexibility index (Phi) is 20.8. The number of ether oxygens (including phenoxy) is 1. The van der Waals surface area contributed by atoms with Gasteiger partial charge in [0, 0.05) is 6.42 Å². The van der Waals surface area contributed by atoms with Crippen molar-refractivity contribution in [1.29, 1.82) is 0 Å². The van der Waals surface area contributed by atoms with E-state index in [1.54, 1.807) is 0 Å². The van der Waals surface area contributed by atoms with Crippen LogP contribution in [0.4, 0.5) is 0 Å². The molecule has 0 radical (unpaired) electrons. The standard InChI is InChI=1S/C26H52O2/c1-5-7-16-21-25(19-6-2)23-28-26(27)22-18-15-13-11-9-8-10-12-14-17-20-24(3)4/h24-25H,5-23H2,1-4H3. The van der Waals surface area contributed by atoms with Crippen molar-refractivity contribution in [3.05, 3.63) is 0 Å². The second kappa shape index (κ2) is 21.2. The summed E-state index contributed by atoms with van der Waals surface area (Å²) < 4.78 is 5.56. The maximum atomic E-state index is 12.0. The molecule has 0 spiro atoms. The highest BCUT2D eigenvalue weighted by Gasteiger charge is 2.11. The van der Waals surface area contributed by atoms with Gasteiger partial charge in [0.1, 0.15) is 0 Å². The van der Waals surface area contributed by atoms with Gasteiger partial charge in [-0.3, -0.25) is 4.79 Å². The lowest BCUT2D eigenvalue weighted by molar-refractivity contribution is -0.145. The summed E-state index contributed by atoms with van der Waals surface area (Å²) in [5.74, 6) is 1.46. The number of esters is 1. The average Bonchev–Trinajstić information content (AvgIpc) is 2.66. The van der Waals surface area contributed by atoms with E-state index in [9.17, 15) is 4.79 Å². The zero-order valence-corrected chi connectivity index (χ0v) is 19.9. The van der Waals surface area contributed by atoms with Crippen molar-refractivity contribution in [3.8, 4) is 0 Å². The predicted molar refractivity (Wildman–Crippen MR) is 124 cm³/mol. The lowest BCUT2D eigenvalue weighted by Gasteiger charge is -2.16. The van der Waals surface area contributed by atoms with Crippen molar-refractivity contribution in [2.24, 2.45) is 11.8 Å². The highest BCUT2D eigenvalue weighted by Crippen LogP contribution is 2.17. The SMILES string of the molecule is CCCCCC(CCC)COC(=O)CCCCCCCCCCCCC(C)C. The van der Waals surface area contributed by atoms with Gasteiger partial charge < -0.3 is 4.74 Å². The van der Waals surface area contributed by atoms with E-state index in [0.29, 0.717) is 18.9 Å². The molecule has 0 aliphatic heterocycles. The van der Waals surface area contributed by atoms with E-state index >= 15 is 0 Å². The number of carbonyl (C=O) groups excluding carboxylic acids is 1. The van der Waals surface area contributed by atoms with Gasteiger partial charge in [-0.15, -0.1) is 0 Å². The van der Waals surface area contributed by atoms with Gasteiger partial charge in [0.15, 0.2) is 0 Å². The Morgan fingerprint density at radius 3 is 1.71 bits per heavy atom. The van der Waals surface area contributed by atoms with Crippen LogP contribution in [0.5, 0.6) is 0 Å². The molecule has 0 rings (SSSR count). The predicted octanol–water partition coefficient (Wildman–Crippen LogP) is 8.86. The van der Waals surface area contributed by atoms with Crippen LogP contribution in [0.15, 0.2) is 0 Å². The number of carbonyl (C=O) groups is 1. The third-order valence-corrected chi connectivity index (χ3v) is 5.81. The van der Waals surface area contributed by atoms with Gasteiger partial charge in [-0.1, -0.05) is 118 Å². The molecule has 0 saturated carbocycles. The molecule has 0 saturated heterocycles. The molecule has 0 aliphatic carbocycles. The summed E-state index contributed by atoms with van der Waals surface area (Å²) in [4.78, 5) is 12.0. The van der Waals surface area contributed by atoms with Crippen LogP contribution < -0.4 is 0 Å². The van der Waals surface area contributed by atoms with E-state index in [4.69, 9.17) is 4.74 Å². The molecule has 0 aromatic rings. The number of hydrogen-bond donors (Lipinski definition) is 0. The summed E-state index contributed by atoms with van der Waals surface area (Å²) in [6, 6.07) is 0. The molecule has 28 heavy (non-hydrogen) atoms. The molecule has 1 atom stereocenters. The maximum absolute atomic E-state index is 12.0. The molecule has 168 valence electrons. The maximum Gasteiger partial charge on any atom is 0.305 e. The molecule has 0 heterocycles. The summed E-state index contributed by atoms with van der Waals surface area (Å²) in [6.45, 7) is 9.74. The van der Waals surface area contributed by atoms with Crippen LogP contribution in [0, 0.1) is 11.8 Å². The molecule has 1 unspecified atom stereocenters. The molecule has 2 nitrogen and oxygen atoms in total. The Labute approximate surface area is 177 Å². The third-order valence-electron chi connectivity index (χ3n) is 5.81. The van der Waals surface area contributed by atoms with E-state index in [1.165, 1.54) is 103 Å². The molecule has 0 aromatic carbocycles. The lowest BCUT2D eigenvalue weighted by atomic mass is 9.97. The Morgan fingerprint density at radius 2 is 1.18 bits per heavy atom. The summed E-state index contributed by atoms with van der Waals surface area (Å²) in [6.07, 6.45) is 22.6. The smallest absolute Gasteiger partial charge is 0.305 e. The van der Waals surface area contributed by atoms with Gasteiger partial charge in [0.25, 0.3) is 0 Å². The van der Waals surface area contributed by atoms with Crippen LogP contribution in [0.1, 0.15) is 143 Å². The molecule has 0 amide bonds. The van der Waals surface area contributed by atoms with Crippen molar-refractivity contribution in [1.82, 2.24) is 0 Å². The fraction of sp³-hybridized carbons (Fsp3) is 0.962. The van der Waals surface area contributed by atoms with Crippen molar-refractivity contribution in [2.45, 2.75) is 143 Å². The first-order valence-corrected chi connectivity index (χ1v) is 12.8. The Balaban J connectivity index is 3.44. The van der Waals surface area contributed by atoms with Crippen molar-refractivity contribution >= 4 is 5.97 Å². The van der Waals surface area contributed by atoms with Crippen LogP contribution in [0.3, 0.4) is 0 Å². The van der Waals surface area contributed by atoms with Crippen LogP contribution in [0.2, 0.25) is 0 Å². The summed E-state index contributed by atoms with van der Waals surface area (Å²) >= 11 is 0. The first-order chi connectivity index (χ1) is 13.6. The summed E-state index contributed by atoms with van der Waals surface area (Å²) in [7, 11) is 0. The minimum atomic E-state index is 0.0259. The highest BCUT2D eigenvalue weighted by atomic mass is 16.5. The second-order valence-electron chi connectivity index (χ2n) is 9.30. The second-order valence-corrected chi connectivity index (χ2v) is 9.30. The topological polar surface area (TPSA) is 26.3 Å². The first kappa shape index (κ1) is 27.5. The van der Waals surface area contributed by atoms with Crippen LogP contribution >= 0.6 is 0 Å². The quantitative estimate of drug-likeness (QED) is 0.143. The van der Waals surface area contributed by atoms with Crippen molar-refractivity contribution in [3.63, 3.8) is 0 Å². The zero-order chi connectivity index (χ0) is 20.9. The van der Waals surface area contributed by atoms with Gasteiger partial charge in [-0.05, 0) is 31.1 Å². The molecule has 0 N–H and O–H groups in total. The molecular formula is C26H52O2. The fourth-order valence-corrected chi connectivity index (χ4v) is 3.92. The third kappa shape index (κ3) is 20.2. The van der Waals surface area contributed by atoms with Gasteiger partial charge in [-0.25, -0.2) is 0 Å². The minimum absolute atomic E-state index is 0.0259. The average molecular weight is 397 g/mol. The van der Waals surface area contributed by atoms with E-state index < -0.39 is 0 Å². The summed E-state index contributed by atoms with van der Waals surface area (Å²) in [5.41, 5.74) is 0. The van der Waals surface area contributed by atoms with Crippen LogP contribution in [0.25, 0.3) is 0 Å². The Bertz CT molecular complexity index is 324. The van der Waals surface area contributed by atoms with Crippen molar-refractivity contribution < 1.29 is 9.53 Å². The minimum Gasteiger partial charge on any atom is -0.465 e. The van der Waals surface area contributed by atoms with E-state index in [0.717, 1.165) is 12.3 Å². The van der Waals surface area contributed by atoms with E-state index in [1.807, 2.05) is 0 Å².